The normalized spacial score (nSPS) is 15.1. The van der Waals surface area contributed by atoms with E-state index in [2.05, 4.69) is 0 Å². The van der Waals surface area contributed by atoms with E-state index in [9.17, 15) is 9.59 Å². The van der Waals surface area contributed by atoms with Gasteiger partial charge in [0, 0.05) is 7.11 Å². The zero-order valence-corrected chi connectivity index (χ0v) is 18.7. The summed E-state index contributed by atoms with van der Waals surface area (Å²) in [5.74, 6) is 0.836. The van der Waals surface area contributed by atoms with Crippen molar-refractivity contribution in [3.8, 4) is 11.5 Å². The molecule has 0 unspecified atom stereocenters. The van der Waals surface area contributed by atoms with Gasteiger partial charge in [0.15, 0.2) is 11.5 Å². The van der Waals surface area contributed by atoms with Gasteiger partial charge in [-0.1, -0.05) is 48.5 Å². The van der Waals surface area contributed by atoms with Crippen LogP contribution in [0.5, 0.6) is 11.5 Å². The maximum atomic E-state index is 13.0. The van der Waals surface area contributed by atoms with Crippen molar-refractivity contribution in [2.75, 3.05) is 27.4 Å². The summed E-state index contributed by atoms with van der Waals surface area (Å²) in [5.41, 5.74) is 1.68. The van der Waals surface area contributed by atoms with Crippen molar-refractivity contribution in [1.29, 1.82) is 0 Å². The van der Waals surface area contributed by atoms with Crippen LogP contribution in [0.3, 0.4) is 0 Å². The molecule has 0 N–H and O–H groups in total. The van der Waals surface area contributed by atoms with Gasteiger partial charge in [-0.25, -0.2) is 0 Å². The van der Waals surface area contributed by atoms with E-state index in [1.54, 1.807) is 32.4 Å². The highest BCUT2D eigenvalue weighted by molar-refractivity contribution is 8.18. The average molecular weight is 450 g/mol. The highest BCUT2D eigenvalue weighted by Gasteiger charge is 2.35. The predicted octanol–water partition coefficient (Wildman–Crippen LogP) is 5.11. The Hall–Kier alpha value is -3.29. The Labute approximate surface area is 190 Å². The van der Waals surface area contributed by atoms with Crippen LogP contribution in [-0.2, 0) is 16.1 Å². The highest BCUT2D eigenvalue weighted by Crippen LogP contribution is 2.36. The number of fused-ring (bicyclic) bond motifs is 1. The van der Waals surface area contributed by atoms with E-state index in [0.29, 0.717) is 29.6 Å². The van der Waals surface area contributed by atoms with Gasteiger partial charge in [0.1, 0.15) is 6.61 Å². The molecule has 0 radical (unpaired) electrons. The van der Waals surface area contributed by atoms with Crippen molar-refractivity contribution in [1.82, 2.24) is 4.90 Å². The molecular weight excluding hydrogens is 426 g/mol. The first-order chi connectivity index (χ1) is 15.6. The molecule has 0 bridgehead atoms. The number of imide groups is 1. The Morgan fingerprint density at radius 2 is 1.75 bits per heavy atom. The van der Waals surface area contributed by atoms with E-state index < -0.39 is 0 Å². The summed E-state index contributed by atoms with van der Waals surface area (Å²) in [6, 6.07) is 19.2. The van der Waals surface area contributed by atoms with Gasteiger partial charge in [0.05, 0.1) is 25.2 Å². The van der Waals surface area contributed by atoms with E-state index in [1.165, 1.54) is 4.90 Å². The van der Waals surface area contributed by atoms with Crippen LogP contribution in [0.25, 0.3) is 16.8 Å². The molecule has 2 amide bonds. The third-order valence-corrected chi connectivity index (χ3v) is 6.02. The molecule has 3 aromatic rings. The molecule has 1 aliphatic heterocycles. The molecule has 3 aromatic carbocycles. The lowest BCUT2D eigenvalue weighted by Crippen LogP contribution is -2.27. The Bertz CT molecular complexity index is 1180. The van der Waals surface area contributed by atoms with Crippen molar-refractivity contribution in [2.24, 2.45) is 0 Å². The minimum absolute atomic E-state index is 0.235. The largest absolute Gasteiger partial charge is 0.493 e. The van der Waals surface area contributed by atoms with Crippen molar-refractivity contribution >= 4 is 39.8 Å². The number of methoxy groups -OCH3 is 2. The fraction of sp³-hybridized carbons (Fsp3) is 0.200. The second-order valence-electron chi connectivity index (χ2n) is 7.16. The first-order valence-corrected chi connectivity index (χ1v) is 10.9. The van der Waals surface area contributed by atoms with Crippen LogP contribution < -0.4 is 9.47 Å². The predicted molar refractivity (Wildman–Crippen MR) is 126 cm³/mol. The summed E-state index contributed by atoms with van der Waals surface area (Å²) in [5, 5.41) is 1.83. The van der Waals surface area contributed by atoms with Crippen molar-refractivity contribution in [3.63, 3.8) is 0 Å². The van der Waals surface area contributed by atoms with Gasteiger partial charge in [-0.05, 0) is 51.9 Å². The lowest BCUT2D eigenvalue weighted by Gasteiger charge is -2.14. The second-order valence-corrected chi connectivity index (χ2v) is 8.15. The smallest absolute Gasteiger partial charge is 0.293 e. The summed E-state index contributed by atoms with van der Waals surface area (Å²) < 4.78 is 16.0. The molecule has 1 saturated heterocycles. The Kier molecular flexibility index (Phi) is 6.78. The third-order valence-electron chi connectivity index (χ3n) is 5.11. The van der Waals surface area contributed by atoms with E-state index in [4.69, 9.17) is 14.2 Å². The first kappa shape index (κ1) is 21.9. The number of ether oxygens (including phenoxy) is 3. The summed E-state index contributed by atoms with van der Waals surface area (Å²) in [7, 11) is 3.16. The number of benzene rings is 3. The molecule has 0 spiro atoms. The topological polar surface area (TPSA) is 65.1 Å². The van der Waals surface area contributed by atoms with Crippen LogP contribution in [0.1, 0.15) is 11.1 Å². The summed E-state index contributed by atoms with van der Waals surface area (Å²) >= 11 is 0.946. The lowest BCUT2D eigenvalue weighted by molar-refractivity contribution is -0.123. The molecule has 6 nitrogen and oxygen atoms in total. The monoisotopic (exact) mass is 449 g/mol. The van der Waals surface area contributed by atoms with Crippen LogP contribution in [0.4, 0.5) is 4.79 Å². The molecule has 32 heavy (non-hydrogen) atoms. The molecule has 0 aliphatic carbocycles. The van der Waals surface area contributed by atoms with Crippen LogP contribution in [-0.4, -0.2) is 43.5 Å². The maximum absolute atomic E-state index is 13.0. The van der Waals surface area contributed by atoms with E-state index in [-0.39, 0.29) is 17.7 Å². The number of carbonyl (C=O) groups excluding carboxylic acids is 2. The Balaban J connectivity index is 1.54. The second kappa shape index (κ2) is 9.89. The summed E-state index contributed by atoms with van der Waals surface area (Å²) in [6.45, 7) is 1.10. The third kappa shape index (κ3) is 4.64. The Morgan fingerprint density at radius 1 is 0.938 bits per heavy atom. The number of hydrogen-bond acceptors (Lipinski definition) is 6. The van der Waals surface area contributed by atoms with Crippen molar-refractivity contribution in [3.05, 3.63) is 76.7 Å². The number of amides is 2. The van der Waals surface area contributed by atoms with E-state index in [1.807, 2.05) is 48.5 Å². The van der Waals surface area contributed by atoms with Crippen molar-refractivity contribution < 1.29 is 23.8 Å². The van der Waals surface area contributed by atoms with Crippen LogP contribution in [0.15, 0.2) is 65.6 Å². The first-order valence-electron chi connectivity index (χ1n) is 10.1. The number of rotatable bonds is 8. The van der Waals surface area contributed by atoms with E-state index in [0.717, 1.165) is 33.7 Å². The lowest BCUT2D eigenvalue weighted by atomic mass is 10.0. The molecule has 0 atom stereocenters. The molecule has 0 aromatic heterocycles. The molecule has 1 heterocycles. The zero-order valence-electron chi connectivity index (χ0n) is 17.9. The van der Waals surface area contributed by atoms with Gasteiger partial charge in [-0.15, -0.1) is 0 Å². The van der Waals surface area contributed by atoms with Gasteiger partial charge >= 0.3 is 0 Å². The van der Waals surface area contributed by atoms with Gasteiger partial charge in [0.25, 0.3) is 11.1 Å². The van der Waals surface area contributed by atoms with Gasteiger partial charge < -0.3 is 14.2 Å². The highest BCUT2D eigenvalue weighted by atomic mass is 32.2. The average Bonchev–Trinajstić information content (AvgIpc) is 3.07. The minimum atomic E-state index is -0.299. The fourth-order valence-electron chi connectivity index (χ4n) is 3.52. The SMILES string of the molecule is COCCOc1ccc(/C=C2\SC(=O)N(Cc3cccc4ccccc34)C2=O)cc1OC. The molecule has 4 rings (SSSR count). The molecule has 1 fully saturated rings. The maximum Gasteiger partial charge on any atom is 0.293 e. The molecule has 164 valence electrons. The van der Waals surface area contributed by atoms with Crippen LogP contribution in [0, 0.1) is 0 Å². The number of thioether (sulfide) groups is 1. The number of carbonyl (C=O) groups is 2. The minimum Gasteiger partial charge on any atom is -0.493 e. The zero-order chi connectivity index (χ0) is 22.5. The Morgan fingerprint density at radius 3 is 2.56 bits per heavy atom. The van der Waals surface area contributed by atoms with Gasteiger partial charge in [-0.2, -0.15) is 0 Å². The molecule has 0 saturated carbocycles. The molecular formula is C25H23NO5S. The fourth-order valence-corrected chi connectivity index (χ4v) is 4.35. The summed E-state index contributed by atoms with van der Waals surface area (Å²) in [6.07, 6.45) is 1.70. The molecule has 7 heteroatoms. The van der Waals surface area contributed by atoms with Gasteiger partial charge in [0.2, 0.25) is 0 Å². The standard InChI is InChI=1S/C25H23NO5S/c1-29-12-13-31-21-11-10-17(14-22(21)30-2)15-23-24(27)26(25(28)32-23)16-19-8-5-7-18-6-3-4-9-20(18)19/h3-11,14-15H,12-13,16H2,1-2H3/b23-15-. The van der Waals surface area contributed by atoms with Gasteiger partial charge in [-0.3, -0.25) is 14.5 Å². The molecule has 1 aliphatic rings. The van der Waals surface area contributed by atoms with Crippen molar-refractivity contribution in [2.45, 2.75) is 6.54 Å². The summed E-state index contributed by atoms with van der Waals surface area (Å²) in [4.78, 5) is 27.3. The van der Waals surface area contributed by atoms with Crippen LogP contribution in [0.2, 0.25) is 0 Å². The number of hydrogen-bond donors (Lipinski definition) is 0. The van der Waals surface area contributed by atoms with Crippen LogP contribution >= 0.6 is 11.8 Å². The number of nitrogens with zero attached hydrogens (tertiary/aromatic N) is 1. The van der Waals surface area contributed by atoms with E-state index >= 15 is 0 Å². The quantitative estimate of drug-likeness (QED) is 0.352.